The zero-order valence-electron chi connectivity index (χ0n) is 22.9. The highest BCUT2D eigenvalue weighted by Crippen LogP contribution is 2.34. The van der Waals surface area contributed by atoms with Gasteiger partial charge in [-0.3, -0.25) is 39.1 Å². The van der Waals surface area contributed by atoms with Crippen molar-refractivity contribution < 1.29 is 28.4 Å². The summed E-state index contributed by atoms with van der Waals surface area (Å²) in [5, 5.41) is 9.91. The fourth-order valence-corrected chi connectivity index (χ4v) is 6.46. The molecule has 2 unspecified atom stereocenters. The molecule has 5 amide bonds. The third-order valence-electron chi connectivity index (χ3n) is 8.58. The molecule has 0 aliphatic carbocycles. The lowest BCUT2D eigenvalue weighted by molar-refractivity contribution is -0.136. The van der Waals surface area contributed by atoms with Gasteiger partial charge in [-0.1, -0.05) is 0 Å². The molecule has 3 N–H and O–H groups in total. The Morgan fingerprint density at radius 2 is 1.76 bits per heavy atom. The van der Waals surface area contributed by atoms with Gasteiger partial charge in [0, 0.05) is 51.7 Å². The van der Waals surface area contributed by atoms with Crippen LogP contribution < -0.4 is 20.9 Å². The van der Waals surface area contributed by atoms with Gasteiger partial charge in [-0.2, -0.15) is 5.10 Å². The SMILES string of the molecule is NC(=O)c1nnccc1N1CCCCC1CN1CCN(c2ccc3c(c2F)C(=O)N(C2CCC(=O)NC2=O)C3=O)CC1. The molecule has 2 aromatic rings. The van der Waals surface area contributed by atoms with Crippen LogP contribution in [0.25, 0.3) is 0 Å². The van der Waals surface area contributed by atoms with Crippen LogP contribution in [0.3, 0.4) is 0 Å². The molecule has 3 saturated heterocycles. The van der Waals surface area contributed by atoms with Gasteiger partial charge in [0.15, 0.2) is 11.5 Å². The van der Waals surface area contributed by atoms with Gasteiger partial charge in [-0.25, -0.2) is 4.39 Å². The number of piperidine rings is 2. The Morgan fingerprint density at radius 1 is 0.976 bits per heavy atom. The first-order valence-corrected chi connectivity index (χ1v) is 14.1. The van der Waals surface area contributed by atoms with Crippen LogP contribution in [0.5, 0.6) is 0 Å². The number of benzene rings is 1. The molecular weight excluding hydrogens is 547 g/mol. The average Bonchev–Trinajstić information content (AvgIpc) is 3.24. The van der Waals surface area contributed by atoms with Crippen molar-refractivity contribution in [3.63, 3.8) is 0 Å². The van der Waals surface area contributed by atoms with Crippen LogP contribution in [0.1, 0.15) is 63.3 Å². The average molecular weight is 579 g/mol. The van der Waals surface area contributed by atoms with Crippen LogP contribution in [-0.2, 0) is 9.59 Å². The Bertz CT molecular complexity index is 1480. The van der Waals surface area contributed by atoms with Crippen LogP contribution in [0.2, 0.25) is 0 Å². The number of fused-ring (bicyclic) bond motifs is 1. The molecule has 2 atom stereocenters. The van der Waals surface area contributed by atoms with E-state index in [2.05, 4.69) is 25.3 Å². The molecule has 4 aliphatic heterocycles. The zero-order chi connectivity index (χ0) is 29.5. The molecule has 0 radical (unpaired) electrons. The quantitative estimate of drug-likeness (QED) is 0.456. The minimum Gasteiger partial charge on any atom is -0.367 e. The van der Waals surface area contributed by atoms with Crippen molar-refractivity contribution in [2.45, 2.75) is 44.2 Å². The van der Waals surface area contributed by atoms with Crippen molar-refractivity contribution in [3.05, 3.63) is 47.0 Å². The maximum atomic E-state index is 15.8. The summed E-state index contributed by atoms with van der Waals surface area (Å²) in [5.41, 5.74) is 6.21. The number of carbonyl (C=O) groups is 5. The van der Waals surface area contributed by atoms with E-state index in [9.17, 15) is 24.0 Å². The van der Waals surface area contributed by atoms with E-state index in [4.69, 9.17) is 5.73 Å². The lowest BCUT2D eigenvalue weighted by Gasteiger charge is -2.43. The van der Waals surface area contributed by atoms with Crippen molar-refractivity contribution >= 4 is 40.9 Å². The first-order chi connectivity index (χ1) is 20.2. The van der Waals surface area contributed by atoms with Crippen molar-refractivity contribution in [1.82, 2.24) is 25.3 Å². The molecule has 3 fully saturated rings. The van der Waals surface area contributed by atoms with Gasteiger partial charge in [0.2, 0.25) is 11.8 Å². The first kappa shape index (κ1) is 27.7. The Morgan fingerprint density at radius 3 is 2.50 bits per heavy atom. The number of hydrogen-bond donors (Lipinski definition) is 2. The highest BCUT2D eigenvalue weighted by molar-refractivity contribution is 6.24. The molecule has 6 rings (SSSR count). The van der Waals surface area contributed by atoms with Gasteiger partial charge in [0.05, 0.1) is 28.7 Å². The Balaban J connectivity index is 1.14. The Labute approximate surface area is 240 Å². The first-order valence-electron chi connectivity index (χ1n) is 14.1. The number of anilines is 2. The van der Waals surface area contributed by atoms with Gasteiger partial charge in [-0.05, 0) is 43.9 Å². The largest absolute Gasteiger partial charge is 0.367 e. The maximum absolute atomic E-state index is 15.8. The highest BCUT2D eigenvalue weighted by Gasteiger charge is 2.46. The van der Waals surface area contributed by atoms with E-state index in [1.165, 1.54) is 12.1 Å². The van der Waals surface area contributed by atoms with Crippen molar-refractivity contribution in [3.8, 4) is 0 Å². The summed E-state index contributed by atoms with van der Waals surface area (Å²) in [5.74, 6) is -4.20. The number of piperazine rings is 1. The number of rotatable bonds is 6. The number of nitrogens with zero attached hydrogens (tertiary/aromatic N) is 6. The lowest BCUT2D eigenvalue weighted by atomic mass is 10.00. The second kappa shape index (κ2) is 11.1. The summed E-state index contributed by atoms with van der Waals surface area (Å²) in [7, 11) is 0. The number of halogens is 1. The molecule has 0 spiro atoms. The molecule has 1 aromatic heterocycles. The molecule has 4 aliphatic rings. The molecule has 0 saturated carbocycles. The number of nitrogens with two attached hydrogens (primary N) is 1. The number of aromatic nitrogens is 2. The lowest BCUT2D eigenvalue weighted by Crippen LogP contribution is -2.54. The summed E-state index contributed by atoms with van der Waals surface area (Å²) in [6.07, 6.45) is 4.55. The van der Waals surface area contributed by atoms with Crippen LogP contribution in [0.15, 0.2) is 24.4 Å². The normalized spacial score (nSPS) is 23.3. The van der Waals surface area contributed by atoms with Crippen LogP contribution in [0.4, 0.5) is 15.8 Å². The van der Waals surface area contributed by atoms with Crippen LogP contribution in [0, 0.1) is 5.82 Å². The number of hydrogen-bond acceptors (Lipinski definition) is 10. The molecule has 5 heterocycles. The Kier molecular flexibility index (Phi) is 7.31. The van der Waals surface area contributed by atoms with E-state index < -0.39 is 41.4 Å². The van der Waals surface area contributed by atoms with Gasteiger partial charge < -0.3 is 15.5 Å². The summed E-state index contributed by atoms with van der Waals surface area (Å²) >= 11 is 0. The molecule has 220 valence electrons. The fraction of sp³-hybridized carbons (Fsp3) is 0.464. The van der Waals surface area contributed by atoms with Gasteiger partial charge in [0.25, 0.3) is 17.7 Å². The Hall–Kier alpha value is -4.46. The summed E-state index contributed by atoms with van der Waals surface area (Å²) in [4.78, 5) is 69.2. The van der Waals surface area contributed by atoms with Crippen molar-refractivity contribution in [2.75, 3.05) is 49.1 Å². The van der Waals surface area contributed by atoms with Gasteiger partial charge >= 0.3 is 0 Å². The maximum Gasteiger partial charge on any atom is 0.271 e. The standard InChI is InChI=1S/C28H31FN8O5/c29-23-18(5-4-17-22(23)28(42)37(27(17)41)20-6-7-21(38)32-26(20)40)35-13-11-34(12-14-35)15-16-3-1-2-10-36(16)19-8-9-31-33-24(19)25(30)39/h4-5,8-9,16,20H,1-3,6-7,10-15H2,(H2,30,39)(H,32,38,40). The molecule has 42 heavy (non-hydrogen) atoms. The second-order valence-corrected chi connectivity index (χ2v) is 11.0. The summed E-state index contributed by atoms with van der Waals surface area (Å²) in [6.45, 7) is 3.82. The number of imide groups is 2. The topological polar surface area (TPSA) is 162 Å². The highest BCUT2D eigenvalue weighted by atomic mass is 19.1. The van der Waals surface area contributed by atoms with Gasteiger partial charge in [-0.15, -0.1) is 5.10 Å². The summed E-state index contributed by atoms with van der Waals surface area (Å²) in [6, 6.07) is 3.71. The van der Waals surface area contributed by atoms with E-state index in [1.807, 2.05) is 4.90 Å². The predicted molar refractivity (Wildman–Crippen MR) is 147 cm³/mol. The van der Waals surface area contributed by atoms with E-state index in [0.29, 0.717) is 31.9 Å². The monoisotopic (exact) mass is 578 g/mol. The third-order valence-corrected chi connectivity index (χ3v) is 8.58. The summed E-state index contributed by atoms with van der Waals surface area (Å²) < 4.78 is 15.8. The molecule has 13 nitrogen and oxygen atoms in total. The zero-order valence-corrected chi connectivity index (χ0v) is 22.9. The number of carbonyl (C=O) groups excluding carboxylic acids is 5. The molecule has 0 bridgehead atoms. The van der Waals surface area contributed by atoms with Gasteiger partial charge in [0.1, 0.15) is 6.04 Å². The second-order valence-electron chi connectivity index (χ2n) is 11.0. The minimum absolute atomic E-state index is 0.00646. The number of amides is 5. The molecule has 1 aromatic carbocycles. The van der Waals surface area contributed by atoms with Crippen molar-refractivity contribution in [2.24, 2.45) is 5.73 Å². The molecular formula is C28H31FN8O5. The van der Waals surface area contributed by atoms with E-state index in [0.717, 1.165) is 37.3 Å². The van der Waals surface area contributed by atoms with E-state index in [-0.39, 0.29) is 41.4 Å². The fourth-order valence-electron chi connectivity index (χ4n) is 6.46. The van der Waals surface area contributed by atoms with E-state index >= 15 is 4.39 Å². The minimum atomic E-state index is -1.15. The molecule has 14 heteroatoms. The third kappa shape index (κ3) is 4.85. The van der Waals surface area contributed by atoms with Crippen LogP contribution >= 0.6 is 0 Å². The van der Waals surface area contributed by atoms with E-state index in [1.54, 1.807) is 12.3 Å². The van der Waals surface area contributed by atoms with Crippen molar-refractivity contribution in [1.29, 1.82) is 0 Å². The predicted octanol–water partition coefficient (Wildman–Crippen LogP) is 0.297. The smallest absolute Gasteiger partial charge is 0.271 e. The number of nitrogens with one attached hydrogen (secondary N) is 1. The number of primary amides is 1. The van der Waals surface area contributed by atoms with Crippen LogP contribution in [-0.4, -0.2) is 101 Å².